The zero-order valence-corrected chi connectivity index (χ0v) is 17.4. The first kappa shape index (κ1) is 22.9. The molecule has 0 bridgehead atoms. The van der Waals surface area contributed by atoms with Crippen LogP contribution in [-0.4, -0.2) is 44.6 Å². The topological polar surface area (TPSA) is 74.2 Å². The van der Waals surface area contributed by atoms with E-state index in [2.05, 4.69) is 11.8 Å². The molecule has 1 atom stereocenters. The van der Waals surface area contributed by atoms with E-state index < -0.39 is 12.1 Å². The first-order chi connectivity index (χ1) is 14.5. The Hall–Kier alpha value is -3.43. The van der Waals surface area contributed by atoms with Gasteiger partial charge in [-0.05, 0) is 48.9 Å². The molecule has 0 heterocycles. The number of carboxylic acid groups (broad SMARTS) is 1. The smallest absolute Gasteiger partial charge is 0.333 e. The van der Waals surface area contributed by atoms with Gasteiger partial charge in [-0.2, -0.15) is 0 Å². The summed E-state index contributed by atoms with van der Waals surface area (Å²) in [6.45, 7) is 2.50. The summed E-state index contributed by atoms with van der Waals surface area (Å²) < 4.78 is 21.3. The third-order valence-electron chi connectivity index (χ3n) is 4.10. The van der Waals surface area contributed by atoms with Crippen molar-refractivity contribution in [1.82, 2.24) is 0 Å². The van der Waals surface area contributed by atoms with Crippen molar-refractivity contribution in [2.75, 3.05) is 27.4 Å². The molecule has 6 nitrogen and oxygen atoms in total. The molecule has 0 aromatic heterocycles. The zero-order chi connectivity index (χ0) is 21.8. The molecule has 158 valence electrons. The minimum absolute atomic E-state index is 0.313. The standard InChI is InChI=1S/C24H26O6/c1-4-29-23(24(25)26)16-18-9-11-20(12-10-18)30-13-7-5-6-8-19-14-21(27-2)17-22(15-19)28-3/h5,7,9-12,14-15,17,23H,4,13,16H2,1-3H3,(H,25,26)/b7-5+/t23-/m0/s1. The highest BCUT2D eigenvalue weighted by atomic mass is 16.5. The maximum absolute atomic E-state index is 11.2. The van der Waals surface area contributed by atoms with Crippen LogP contribution in [0.4, 0.5) is 0 Å². The molecule has 0 aliphatic heterocycles. The summed E-state index contributed by atoms with van der Waals surface area (Å²) in [6.07, 6.45) is 3.01. The number of hydrogen-bond acceptors (Lipinski definition) is 5. The summed E-state index contributed by atoms with van der Waals surface area (Å²) in [7, 11) is 3.19. The van der Waals surface area contributed by atoms with Gasteiger partial charge in [-0.25, -0.2) is 4.79 Å². The van der Waals surface area contributed by atoms with Crippen molar-refractivity contribution in [3.05, 3.63) is 65.7 Å². The maximum Gasteiger partial charge on any atom is 0.333 e. The molecule has 0 fully saturated rings. The highest BCUT2D eigenvalue weighted by Gasteiger charge is 2.17. The van der Waals surface area contributed by atoms with E-state index in [1.807, 2.05) is 42.5 Å². The van der Waals surface area contributed by atoms with Crippen LogP contribution in [0.2, 0.25) is 0 Å². The fraction of sp³-hybridized carbons (Fsp3) is 0.292. The minimum Gasteiger partial charge on any atom is -0.497 e. The summed E-state index contributed by atoms with van der Waals surface area (Å²) in [5, 5.41) is 9.15. The number of methoxy groups -OCH3 is 2. The summed E-state index contributed by atoms with van der Waals surface area (Å²) in [5.41, 5.74) is 1.66. The molecular weight excluding hydrogens is 384 g/mol. The van der Waals surface area contributed by atoms with E-state index in [4.69, 9.17) is 24.1 Å². The molecule has 0 aliphatic rings. The normalized spacial score (nSPS) is 11.4. The zero-order valence-electron chi connectivity index (χ0n) is 17.4. The predicted octanol–water partition coefficient (Wildman–Crippen LogP) is 3.72. The number of allylic oxidation sites excluding steroid dienone is 1. The van der Waals surface area contributed by atoms with Crippen LogP contribution in [0.5, 0.6) is 17.2 Å². The molecule has 0 spiro atoms. The second-order valence-corrected chi connectivity index (χ2v) is 6.21. The molecule has 2 aromatic carbocycles. The van der Waals surface area contributed by atoms with Crippen molar-refractivity contribution in [2.24, 2.45) is 0 Å². The summed E-state index contributed by atoms with van der Waals surface area (Å²) in [5.74, 6) is 7.08. The van der Waals surface area contributed by atoms with Gasteiger partial charge >= 0.3 is 5.97 Å². The fourth-order valence-corrected chi connectivity index (χ4v) is 2.61. The molecule has 0 amide bonds. The molecule has 0 saturated carbocycles. The monoisotopic (exact) mass is 410 g/mol. The van der Waals surface area contributed by atoms with Gasteiger partial charge < -0.3 is 24.1 Å². The van der Waals surface area contributed by atoms with Gasteiger partial charge in [-0.1, -0.05) is 24.0 Å². The van der Waals surface area contributed by atoms with Gasteiger partial charge in [0, 0.05) is 24.7 Å². The minimum atomic E-state index is -0.962. The van der Waals surface area contributed by atoms with Crippen LogP contribution < -0.4 is 14.2 Å². The number of hydrogen-bond donors (Lipinski definition) is 1. The molecule has 0 saturated heterocycles. The Balaban J connectivity index is 1.85. The molecule has 2 rings (SSSR count). The molecule has 2 aromatic rings. The highest BCUT2D eigenvalue weighted by molar-refractivity contribution is 5.72. The van der Waals surface area contributed by atoms with E-state index >= 15 is 0 Å². The van der Waals surface area contributed by atoms with Crippen LogP contribution in [-0.2, 0) is 16.0 Å². The second-order valence-electron chi connectivity index (χ2n) is 6.21. The number of benzene rings is 2. The van der Waals surface area contributed by atoms with Crippen LogP contribution in [0.15, 0.2) is 54.6 Å². The number of rotatable bonds is 10. The predicted molar refractivity (Wildman–Crippen MR) is 114 cm³/mol. The van der Waals surface area contributed by atoms with Gasteiger partial charge in [0.25, 0.3) is 0 Å². The highest BCUT2D eigenvalue weighted by Crippen LogP contribution is 2.21. The third kappa shape index (κ3) is 7.53. The summed E-state index contributed by atoms with van der Waals surface area (Å²) >= 11 is 0. The number of carbonyl (C=O) groups is 1. The van der Waals surface area contributed by atoms with Gasteiger partial charge in [0.05, 0.1) is 14.2 Å². The third-order valence-corrected chi connectivity index (χ3v) is 4.10. The Morgan fingerprint density at radius 2 is 1.73 bits per heavy atom. The maximum atomic E-state index is 11.2. The Morgan fingerprint density at radius 3 is 2.30 bits per heavy atom. The van der Waals surface area contributed by atoms with Crippen LogP contribution in [0.3, 0.4) is 0 Å². The van der Waals surface area contributed by atoms with Crippen LogP contribution in [0.1, 0.15) is 18.1 Å². The molecule has 6 heteroatoms. The van der Waals surface area contributed by atoms with E-state index in [1.165, 1.54) is 0 Å². The van der Waals surface area contributed by atoms with Crippen molar-refractivity contribution >= 4 is 5.97 Å². The molecule has 1 N–H and O–H groups in total. The molecular formula is C24H26O6. The lowest BCUT2D eigenvalue weighted by Gasteiger charge is -2.12. The summed E-state index contributed by atoms with van der Waals surface area (Å²) in [6, 6.07) is 12.8. The Morgan fingerprint density at radius 1 is 1.07 bits per heavy atom. The second kappa shape index (κ2) is 12.2. The van der Waals surface area contributed by atoms with Gasteiger partial charge in [-0.3, -0.25) is 0 Å². The van der Waals surface area contributed by atoms with Gasteiger partial charge in [-0.15, -0.1) is 0 Å². The van der Waals surface area contributed by atoms with Gasteiger partial charge in [0.2, 0.25) is 0 Å². The Bertz CT molecular complexity index is 883. The fourth-order valence-electron chi connectivity index (χ4n) is 2.61. The number of ether oxygens (including phenoxy) is 4. The molecule has 30 heavy (non-hydrogen) atoms. The average molecular weight is 410 g/mol. The number of aliphatic carboxylic acids is 1. The van der Waals surface area contributed by atoms with Crippen molar-refractivity contribution in [3.63, 3.8) is 0 Å². The van der Waals surface area contributed by atoms with Crippen LogP contribution in [0.25, 0.3) is 0 Å². The van der Waals surface area contributed by atoms with E-state index in [1.54, 1.807) is 33.3 Å². The van der Waals surface area contributed by atoms with E-state index in [0.29, 0.717) is 36.9 Å². The average Bonchev–Trinajstić information content (AvgIpc) is 2.76. The lowest BCUT2D eigenvalue weighted by molar-refractivity contribution is -0.149. The lowest BCUT2D eigenvalue weighted by atomic mass is 10.1. The first-order valence-corrected chi connectivity index (χ1v) is 9.51. The molecule has 0 unspecified atom stereocenters. The Kier molecular flexibility index (Phi) is 9.29. The van der Waals surface area contributed by atoms with Crippen molar-refractivity contribution in [1.29, 1.82) is 0 Å². The van der Waals surface area contributed by atoms with E-state index in [-0.39, 0.29) is 0 Å². The summed E-state index contributed by atoms with van der Waals surface area (Å²) in [4.78, 5) is 11.2. The number of carboxylic acids is 1. The lowest BCUT2D eigenvalue weighted by Crippen LogP contribution is -2.26. The van der Waals surface area contributed by atoms with Crippen molar-refractivity contribution < 1.29 is 28.8 Å². The van der Waals surface area contributed by atoms with Gasteiger partial charge in [0.15, 0.2) is 6.10 Å². The largest absolute Gasteiger partial charge is 0.497 e. The van der Waals surface area contributed by atoms with E-state index in [0.717, 1.165) is 11.1 Å². The van der Waals surface area contributed by atoms with Crippen LogP contribution >= 0.6 is 0 Å². The Labute approximate surface area is 177 Å². The van der Waals surface area contributed by atoms with Crippen molar-refractivity contribution in [3.8, 4) is 29.1 Å². The van der Waals surface area contributed by atoms with Crippen LogP contribution in [0, 0.1) is 11.8 Å². The molecule has 0 radical (unpaired) electrons. The van der Waals surface area contributed by atoms with Crippen molar-refractivity contribution in [2.45, 2.75) is 19.4 Å². The first-order valence-electron chi connectivity index (χ1n) is 9.51. The SMILES string of the molecule is CCO[C@@H](Cc1ccc(OC/C=C/C#Cc2cc(OC)cc(OC)c2)cc1)C(=O)O. The van der Waals surface area contributed by atoms with Gasteiger partial charge in [0.1, 0.15) is 23.9 Å². The quantitative estimate of drug-likeness (QED) is 0.602. The van der Waals surface area contributed by atoms with E-state index in [9.17, 15) is 4.79 Å². The molecule has 0 aliphatic carbocycles.